The lowest BCUT2D eigenvalue weighted by atomic mass is 10.0. The monoisotopic (exact) mass is 404 g/mol. The molecule has 0 aliphatic carbocycles. The number of nitrogens with two attached hydrogens (primary N) is 1. The average Bonchev–Trinajstić information content (AvgIpc) is 2.66. The molecular formula is C19H27F3N2O4. The molecule has 0 heterocycles. The van der Waals surface area contributed by atoms with Crippen LogP contribution in [0.15, 0.2) is 12.1 Å². The van der Waals surface area contributed by atoms with Crippen LogP contribution in [0, 0.1) is 17.5 Å². The van der Waals surface area contributed by atoms with E-state index in [9.17, 15) is 22.8 Å². The van der Waals surface area contributed by atoms with Crippen LogP contribution in [0.25, 0.3) is 0 Å². The van der Waals surface area contributed by atoms with Crippen LogP contribution < -0.4 is 15.8 Å². The molecule has 0 saturated heterocycles. The number of benzene rings is 1. The summed E-state index contributed by atoms with van der Waals surface area (Å²) in [7, 11) is 1.36. The summed E-state index contributed by atoms with van der Waals surface area (Å²) in [5.41, 5.74) is 4.27. The molecule has 1 atom stereocenters. The molecule has 9 heteroatoms. The normalized spacial score (nSPS) is 12.5. The number of nitrogens with one attached hydrogen (secondary N) is 1. The third kappa shape index (κ3) is 6.79. The Labute approximate surface area is 162 Å². The Morgan fingerprint density at radius 2 is 1.79 bits per heavy atom. The summed E-state index contributed by atoms with van der Waals surface area (Å²) in [5.74, 6) is -6.03. The van der Waals surface area contributed by atoms with Gasteiger partial charge >= 0.3 is 0 Å². The zero-order chi connectivity index (χ0) is 21.3. The Morgan fingerprint density at radius 1 is 1.14 bits per heavy atom. The lowest BCUT2D eigenvalue weighted by molar-refractivity contribution is -0.142. The minimum atomic E-state index is -1.52. The molecule has 3 N–H and O–H groups in total. The van der Waals surface area contributed by atoms with Gasteiger partial charge in [0.05, 0.1) is 6.04 Å². The number of unbranched alkanes of at least 4 members (excludes halogenated alkanes) is 2. The van der Waals surface area contributed by atoms with Crippen LogP contribution in [0.3, 0.4) is 0 Å². The summed E-state index contributed by atoms with van der Waals surface area (Å²) >= 11 is 0. The first-order valence-electron chi connectivity index (χ1n) is 8.99. The topological polar surface area (TPSA) is 90.6 Å². The van der Waals surface area contributed by atoms with E-state index < -0.39 is 53.1 Å². The second kappa shape index (κ2) is 11.0. The average molecular weight is 404 g/mol. The van der Waals surface area contributed by atoms with E-state index in [1.54, 1.807) is 0 Å². The second-order valence-corrected chi connectivity index (χ2v) is 6.81. The van der Waals surface area contributed by atoms with Crippen LogP contribution in [-0.2, 0) is 14.3 Å². The number of rotatable bonds is 12. The van der Waals surface area contributed by atoms with Crippen molar-refractivity contribution in [1.29, 1.82) is 0 Å². The molecule has 1 aromatic rings. The molecule has 0 bridgehead atoms. The van der Waals surface area contributed by atoms with Crippen molar-refractivity contribution in [3.05, 3.63) is 29.6 Å². The fraction of sp³-hybridized carbons (Fsp3) is 0.579. The van der Waals surface area contributed by atoms with Gasteiger partial charge in [-0.2, -0.15) is 4.39 Å². The van der Waals surface area contributed by atoms with Crippen LogP contribution in [0.4, 0.5) is 13.2 Å². The van der Waals surface area contributed by atoms with E-state index in [1.807, 2.05) is 0 Å². The minimum Gasteiger partial charge on any atom is -0.480 e. The van der Waals surface area contributed by atoms with Crippen LogP contribution in [0.1, 0.15) is 39.5 Å². The van der Waals surface area contributed by atoms with E-state index in [0.29, 0.717) is 31.5 Å². The van der Waals surface area contributed by atoms with Crippen molar-refractivity contribution in [3.8, 4) is 5.75 Å². The van der Waals surface area contributed by atoms with Crippen molar-refractivity contribution in [2.45, 2.75) is 51.2 Å². The molecule has 0 fully saturated rings. The van der Waals surface area contributed by atoms with Gasteiger partial charge in [0.1, 0.15) is 12.2 Å². The molecule has 0 aromatic heterocycles. The maximum atomic E-state index is 13.7. The smallest absolute Gasteiger partial charge is 0.252 e. The summed E-state index contributed by atoms with van der Waals surface area (Å²) < 4.78 is 50.5. The highest BCUT2D eigenvalue weighted by Gasteiger charge is 2.31. The first kappa shape index (κ1) is 23.9. The second-order valence-electron chi connectivity index (χ2n) is 6.81. The van der Waals surface area contributed by atoms with Gasteiger partial charge in [0.15, 0.2) is 23.2 Å². The van der Waals surface area contributed by atoms with Crippen molar-refractivity contribution in [3.63, 3.8) is 0 Å². The number of Topliss-reactive ketones (excluding diaryl/α,β-unsaturated/α-hetero) is 1. The molecule has 0 aliphatic heterocycles. The van der Waals surface area contributed by atoms with Crippen LogP contribution in [-0.4, -0.2) is 43.6 Å². The highest BCUT2D eigenvalue weighted by Crippen LogP contribution is 2.23. The zero-order valence-electron chi connectivity index (χ0n) is 16.3. The molecule has 0 unspecified atom stereocenters. The summed E-state index contributed by atoms with van der Waals surface area (Å²) in [6.07, 6.45) is 2.40. The lowest BCUT2D eigenvalue weighted by Crippen LogP contribution is -2.51. The number of carbonyl (C=O) groups excluding carboxylic acids is 2. The fourth-order valence-electron chi connectivity index (χ4n) is 2.29. The first-order chi connectivity index (χ1) is 13.1. The van der Waals surface area contributed by atoms with Gasteiger partial charge in [-0.25, -0.2) is 8.78 Å². The Kier molecular flexibility index (Phi) is 9.40. The standard InChI is InChI=1S/C19H27F3N2O4/c1-19(2,27-3)18(26)24-14(7-5-4-6-10-23)15(25)11-28-17-13(21)9-8-12(20)16(17)22/h8-9,14H,4-7,10-11,23H2,1-3H3,(H,24,26)/t14-/m0/s1. The lowest BCUT2D eigenvalue weighted by Gasteiger charge is -2.25. The van der Waals surface area contributed by atoms with Gasteiger partial charge < -0.3 is 20.5 Å². The molecule has 1 aromatic carbocycles. The molecule has 0 saturated carbocycles. The third-order valence-corrected chi connectivity index (χ3v) is 4.31. The van der Waals surface area contributed by atoms with Crippen molar-refractivity contribution in [1.82, 2.24) is 5.32 Å². The minimum absolute atomic E-state index is 0.293. The number of ketones is 1. The molecule has 1 rings (SSSR count). The summed E-state index contributed by atoms with van der Waals surface area (Å²) in [5, 5.41) is 2.58. The van der Waals surface area contributed by atoms with Gasteiger partial charge in [0, 0.05) is 7.11 Å². The van der Waals surface area contributed by atoms with E-state index in [2.05, 4.69) is 5.32 Å². The molecule has 0 aliphatic rings. The number of amides is 1. The van der Waals surface area contributed by atoms with Crippen LogP contribution in [0.2, 0.25) is 0 Å². The van der Waals surface area contributed by atoms with Crippen molar-refractivity contribution >= 4 is 11.7 Å². The van der Waals surface area contributed by atoms with Gasteiger partial charge in [-0.05, 0) is 45.4 Å². The predicted molar refractivity (Wildman–Crippen MR) is 97.4 cm³/mol. The number of methoxy groups -OCH3 is 1. The zero-order valence-corrected chi connectivity index (χ0v) is 16.3. The number of carbonyl (C=O) groups is 2. The molecule has 0 radical (unpaired) electrons. The van der Waals surface area contributed by atoms with Gasteiger partial charge in [-0.1, -0.05) is 12.8 Å². The Balaban J connectivity index is 2.83. The van der Waals surface area contributed by atoms with E-state index >= 15 is 0 Å². The van der Waals surface area contributed by atoms with Gasteiger partial charge in [0.2, 0.25) is 5.82 Å². The molecular weight excluding hydrogens is 377 g/mol. The predicted octanol–water partition coefficient (Wildman–Crippen LogP) is 2.48. The van der Waals surface area contributed by atoms with Crippen LogP contribution in [0.5, 0.6) is 5.75 Å². The highest BCUT2D eigenvalue weighted by atomic mass is 19.2. The maximum absolute atomic E-state index is 13.7. The van der Waals surface area contributed by atoms with Crippen molar-refractivity contribution in [2.24, 2.45) is 5.73 Å². The summed E-state index contributed by atoms with van der Waals surface area (Å²) in [6, 6.07) is 0.373. The van der Waals surface area contributed by atoms with Gasteiger partial charge in [0.25, 0.3) is 5.91 Å². The van der Waals surface area contributed by atoms with E-state index in [0.717, 1.165) is 12.8 Å². The SMILES string of the molecule is COC(C)(C)C(=O)N[C@@H](CCCCCN)C(=O)COc1c(F)ccc(F)c1F. The number of hydrogen-bond acceptors (Lipinski definition) is 5. The van der Waals surface area contributed by atoms with Gasteiger partial charge in [-0.3, -0.25) is 9.59 Å². The summed E-state index contributed by atoms with van der Waals surface area (Å²) in [6.45, 7) is 2.84. The van der Waals surface area contributed by atoms with Gasteiger partial charge in [-0.15, -0.1) is 0 Å². The third-order valence-electron chi connectivity index (χ3n) is 4.31. The van der Waals surface area contributed by atoms with Crippen molar-refractivity contribution in [2.75, 3.05) is 20.3 Å². The number of halogens is 3. The number of hydrogen-bond donors (Lipinski definition) is 2. The van der Waals surface area contributed by atoms with E-state index in [-0.39, 0.29) is 0 Å². The Hall–Kier alpha value is -2.13. The van der Waals surface area contributed by atoms with Crippen molar-refractivity contribution < 1.29 is 32.2 Å². The largest absolute Gasteiger partial charge is 0.480 e. The first-order valence-corrected chi connectivity index (χ1v) is 8.99. The number of ether oxygens (including phenoxy) is 2. The summed E-state index contributed by atoms with van der Waals surface area (Å²) in [4.78, 5) is 24.8. The Morgan fingerprint density at radius 3 is 2.39 bits per heavy atom. The fourth-order valence-corrected chi connectivity index (χ4v) is 2.29. The maximum Gasteiger partial charge on any atom is 0.252 e. The molecule has 0 spiro atoms. The quantitative estimate of drug-likeness (QED) is 0.413. The van der Waals surface area contributed by atoms with E-state index in [4.69, 9.17) is 15.2 Å². The van der Waals surface area contributed by atoms with Crippen LogP contribution >= 0.6 is 0 Å². The van der Waals surface area contributed by atoms with E-state index in [1.165, 1.54) is 21.0 Å². The Bertz CT molecular complexity index is 683. The molecule has 1 amide bonds. The molecule has 6 nitrogen and oxygen atoms in total. The molecule has 158 valence electrons. The molecule has 28 heavy (non-hydrogen) atoms. The highest BCUT2D eigenvalue weighted by molar-refractivity contribution is 5.92.